The molecule has 0 aliphatic rings. The average molecular weight is 425 g/mol. The van der Waals surface area contributed by atoms with Crippen LogP contribution < -0.4 is 16.2 Å². The second-order valence-corrected chi connectivity index (χ2v) is 7.99. The van der Waals surface area contributed by atoms with Crippen LogP contribution in [-0.2, 0) is 11.2 Å². The van der Waals surface area contributed by atoms with E-state index in [1.807, 2.05) is 30.3 Å². The molecule has 1 atom stereocenters. The van der Waals surface area contributed by atoms with Gasteiger partial charge in [-0.25, -0.2) is 9.78 Å². The van der Waals surface area contributed by atoms with Crippen molar-refractivity contribution in [1.29, 1.82) is 0 Å². The van der Waals surface area contributed by atoms with Gasteiger partial charge in [0.25, 0.3) is 5.56 Å². The molecule has 156 valence electrons. The molecule has 3 amide bonds. The first-order valence-corrected chi connectivity index (χ1v) is 10.7. The van der Waals surface area contributed by atoms with Crippen LogP contribution >= 0.6 is 11.8 Å². The Kier molecular flexibility index (Phi) is 6.89. The van der Waals surface area contributed by atoms with Gasteiger partial charge in [-0.2, -0.15) is 0 Å². The van der Waals surface area contributed by atoms with Crippen LogP contribution in [0.25, 0.3) is 16.6 Å². The molecule has 0 spiro atoms. The number of hydrogen-bond donors (Lipinski definition) is 2. The maximum atomic E-state index is 13.3. The highest BCUT2D eigenvalue weighted by molar-refractivity contribution is 8.00. The Morgan fingerprint density at radius 3 is 2.47 bits per heavy atom. The number of urea groups is 1. The highest BCUT2D eigenvalue weighted by Gasteiger charge is 2.21. The van der Waals surface area contributed by atoms with Crippen molar-refractivity contribution in [2.24, 2.45) is 0 Å². The maximum Gasteiger partial charge on any atom is 0.321 e. The van der Waals surface area contributed by atoms with Crippen molar-refractivity contribution in [3.05, 3.63) is 64.4 Å². The number of aryl methyl sites for hydroxylation is 1. The van der Waals surface area contributed by atoms with Gasteiger partial charge in [0.1, 0.15) is 0 Å². The molecule has 1 aromatic heterocycles. The SMILES string of the molecule is CCNC(=O)NC(=O)[C@@H](C)Sc1nc2ccccc2c(=O)n1-c1ccc(CC)cc1. The van der Waals surface area contributed by atoms with Gasteiger partial charge in [-0.15, -0.1) is 0 Å². The minimum atomic E-state index is -0.637. The molecular formula is C22H24N4O3S. The molecule has 0 bridgehead atoms. The van der Waals surface area contributed by atoms with Gasteiger partial charge >= 0.3 is 6.03 Å². The molecule has 0 aliphatic carbocycles. The number of benzene rings is 2. The number of thioether (sulfide) groups is 1. The fraction of sp³-hybridized carbons (Fsp3) is 0.273. The van der Waals surface area contributed by atoms with Crippen LogP contribution in [-0.4, -0.2) is 33.3 Å². The van der Waals surface area contributed by atoms with Crippen molar-refractivity contribution in [2.75, 3.05) is 6.54 Å². The van der Waals surface area contributed by atoms with Crippen molar-refractivity contribution in [3.63, 3.8) is 0 Å². The predicted octanol–water partition coefficient (Wildman–Crippen LogP) is 3.27. The summed E-state index contributed by atoms with van der Waals surface area (Å²) < 4.78 is 1.52. The number of hydrogen-bond acceptors (Lipinski definition) is 5. The molecule has 1 heterocycles. The zero-order valence-electron chi connectivity index (χ0n) is 17.1. The van der Waals surface area contributed by atoms with Gasteiger partial charge in [-0.1, -0.05) is 43.0 Å². The highest BCUT2D eigenvalue weighted by atomic mass is 32.2. The Labute approximate surface area is 178 Å². The fourth-order valence-corrected chi connectivity index (χ4v) is 3.86. The summed E-state index contributed by atoms with van der Waals surface area (Å²) in [5.74, 6) is -0.457. The number of para-hydroxylation sites is 1. The Morgan fingerprint density at radius 2 is 1.80 bits per heavy atom. The normalized spacial score (nSPS) is 11.8. The summed E-state index contributed by atoms with van der Waals surface area (Å²) in [6, 6.07) is 14.3. The second kappa shape index (κ2) is 9.58. The third-order valence-corrected chi connectivity index (χ3v) is 5.63. The summed E-state index contributed by atoms with van der Waals surface area (Å²) in [5, 5.41) is 5.08. The van der Waals surface area contributed by atoms with Crippen molar-refractivity contribution in [1.82, 2.24) is 20.2 Å². The van der Waals surface area contributed by atoms with Gasteiger partial charge in [0.05, 0.1) is 21.8 Å². The Balaban J connectivity index is 2.02. The molecule has 0 saturated carbocycles. The van der Waals surface area contributed by atoms with E-state index >= 15 is 0 Å². The van der Waals surface area contributed by atoms with Gasteiger partial charge < -0.3 is 5.32 Å². The van der Waals surface area contributed by atoms with Crippen LogP contribution in [0.1, 0.15) is 26.3 Å². The average Bonchev–Trinajstić information content (AvgIpc) is 2.74. The van der Waals surface area contributed by atoms with Crippen molar-refractivity contribution in [3.8, 4) is 5.69 Å². The Morgan fingerprint density at radius 1 is 1.10 bits per heavy atom. The summed E-state index contributed by atoms with van der Waals surface area (Å²) >= 11 is 1.13. The van der Waals surface area contributed by atoms with E-state index in [0.29, 0.717) is 28.3 Å². The van der Waals surface area contributed by atoms with E-state index in [2.05, 4.69) is 22.5 Å². The number of nitrogens with zero attached hydrogens (tertiary/aromatic N) is 2. The van der Waals surface area contributed by atoms with Crippen LogP contribution in [0.15, 0.2) is 58.5 Å². The molecule has 0 unspecified atom stereocenters. The first-order chi connectivity index (χ1) is 14.4. The minimum Gasteiger partial charge on any atom is -0.338 e. The topological polar surface area (TPSA) is 93.1 Å². The number of carbonyl (C=O) groups excluding carboxylic acids is 2. The van der Waals surface area contributed by atoms with Gasteiger partial charge in [-0.05, 0) is 50.1 Å². The lowest BCUT2D eigenvalue weighted by Gasteiger charge is -2.16. The summed E-state index contributed by atoms with van der Waals surface area (Å²) in [6.45, 7) is 5.92. The molecule has 3 rings (SSSR count). The zero-order chi connectivity index (χ0) is 21.7. The van der Waals surface area contributed by atoms with E-state index in [4.69, 9.17) is 0 Å². The lowest BCUT2D eigenvalue weighted by Crippen LogP contribution is -2.42. The highest BCUT2D eigenvalue weighted by Crippen LogP contribution is 2.25. The number of aromatic nitrogens is 2. The molecule has 7 nitrogen and oxygen atoms in total. The maximum absolute atomic E-state index is 13.3. The number of carbonyl (C=O) groups is 2. The second-order valence-electron chi connectivity index (χ2n) is 6.68. The summed E-state index contributed by atoms with van der Waals surface area (Å²) in [6.07, 6.45) is 0.893. The predicted molar refractivity (Wildman–Crippen MR) is 119 cm³/mol. The first-order valence-electron chi connectivity index (χ1n) is 9.81. The largest absolute Gasteiger partial charge is 0.338 e. The summed E-state index contributed by atoms with van der Waals surface area (Å²) in [4.78, 5) is 42.0. The number of imide groups is 1. The van der Waals surface area contributed by atoms with E-state index < -0.39 is 17.2 Å². The third kappa shape index (κ3) is 4.71. The molecule has 0 radical (unpaired) electrons. The zero-order valence-corrected chi connectivity index (χ0v) is 18.0. The molecule has 0 saturated heterocycles. The third-order valence-electron chi connectivity index (χ3n) is 4.57. The molecule has 8 heteroatoms. The van der Waals surface area contributed by atoms with Crippen LogP contribution in [0.4, 0.5) is 4.79 Å². The quantitative estimate of drug-likeness (QED) is 0.468. The van der Waals surface area contributed by atoms with Gasteiger partial charge in [0.15, 0.2) is 5.16 Å². The van der Waals surface area contributed by atoms with Gasteiger partial charge in [-0.3, -0.25) is 19.5 Å². The molecule has 30 heavy (non-hydrogen) atoms. The standard InChI is InChI=1S/C22H24N4O3S/c1-4-15-10-12-16(13-11-15)26-20(28)17-8-6-7-9-18(17)24-22(26)30-14(3)19(27)25-21(29)23-5-2/h6-14H,4-5H2,1-3H3,(H2,23,25,27,29)/t14-/m1/s1. The van der Waals surface area contributed by atoms with E-state index in [-0.39, 0.29) is 5.56 Å². The first kappa shape index (κ1) is 21.6. The fourth-order valence-electron chi connectivity index (χ4n) is 2.93. The van der Waals surface area contributed by atoms with Gasteiger partial charge in [0, 0.05) is 6.54 Å². The van der Waals surface area contributed by atoms with Gasteiger partial charge in [0.2, 0.25) is 5.91 Å². The minimum absolute atomic E-state index is 0.205. The molecular weight excluding hydrogens is 400 g/mol. The molecule has 3 aromatic rings. The lowest BCUT2D eigenvalue weighted by atomic mass is 10.1. The summed E-state index contributed by atoms with van der Waals surface area (Å²) in [7, 11) is 0. The van der Waals surface area contributed by atoms with Crippen molar-refractivity contribution >= 4 is 34.6 Å². The molecule has 2 aromatic carbocycles. The number of nitrogens with one attached hydrogen (secondary N) is 2. The molecule has 0 aliphatic heterocycles. The molecule has 0 fully saturated rings. The summed E-state index contributed by atoms with van der Waals surface area (Å²) in [5.41, 5.74) is 2.19. The van der Waals surface area contributed by atoms with Crippen LogP contribution in [0.2, 0.25) is 0 Å². The Hall–Kier alpha value is -3.13. The van der Waals surface area contributed by atoms with Crippen LogP contribution in [0.5, 0.6) is 0 Å². The van der Waals surface area contributed by atoms with E-state index in [1.54, 1.807) is 32.0 Å². The Bertz CT molecular complexity index is 1130. The number of rotatable bonds is 6. The molecule has 2 N–H and O–H groups in total. The van der Waals surface area contributed by atoms with Crippen molar-refractivity contribution in [2.45, 2.75) is 37.6 Å². The van der Waals surface area contributed by atoms with E-state index in [9.17, 15) is 14.4 Å². The van der Waals surface area contributed by atoms with E-state index in [0.717, 1.165) is 23.7 Å². The van der Waals surface area contributed by atoms with Crippen LogP contribution in [0, 0.1) is 0 Å². The number of amides is 3. The lowest BCUT2D eigenvalue weighted by molar-refractivity contribution is -0.119. The van der Waals surface area contributed by atoms with E-state index in [1.165, 1.54) is 4.57 Å². The van der Waals surface area contributed by atoms with Crippen LogP contribution in [0.3, 0.4) is 0 Å². The monoisotopic (exact) mass is 424 g/mol. The van der Waals surface area contributed by atoms with Crippen molar-refractivity contribution < 1.29 is 9.59 Å². The smallest absolute Gasteiger partial charge is 0.321 e. The number of fused-ring (bicyclic) bond motifs is 1.